The van der Waals surface area contributed by atoms with Crippen molar-refractivity contribution in [2.45, 2.75) is 38.5 Å². The first-order valence-electron chi connectivity index (χ1n) is 9.44. The summed E-state index contributed by atoms with van der Waals surface area (Å²) in [6.45, 7) is 0. The Morgan fingerprint density at radius 2 is 1.00 bits per heavy atom. The van der Waals surface area contributed by atoms with Gasteiger partial charge in [0.15, 0.2) is 0 Å². The van der Waals surface area contributed by atoms with Crippen LogP contribution in [0.2, 0.25) is 0 Å². The first-order chi connectivity index (χ1) is 12.7. The maximum Gasteiger partial charge on any atom is 0.104 e. The van der Waals surface area contributed by atoms with E-state index in [1.807, 2.05) is 12.1 Å². The molecule has 26 heavy (non-hydrogen) atoms. The van der Waals surface area contributed by atoms with Crippen molar-refractivity contribution in [2.75, 3.05) is 11.5 Å². The van der Waals surface area contributed by atoms with Crippen molar-refractivity contribution in [1.82, 2.24) is 9.97 Å². The maximum atomic E-state index is 6.15. The fourth-order valence-electron chi connectivity index (χ4n) is 3.94. The van der Waals surface area contributed by atoms with Crippen molar-refractivity contribution in [3.63, 3.8) is 0 Å². The number of hydrogen-bond acceptors (Lipinski definition) is 2. The Labute approximate surface area is 153 Å². The molecule has 2 aromatic heterocycles. The van der Waals surface area contributed by atoms with E-state index in [9.17, 15) is 0 Å². The molecular weight excluding hydrogens is 320 g/mol. The minimum atomic E-state index is 0.817. The minimum absolute atomic E-state index is 0.817. The molecule has 4 rings (SSSR count). The van der Waals surface area contributed by atoms with E-state index in [4.69, 9.17) is 11.5 Å². The number of nitrogens with two attached hydrogens (primary N) is 2. The molecule has 0 aliphatic rings. The molecule has 2 heterocycles. The number of nitrogen functional groups attached to an aromatic ring is 2. The molecular formula is C22H26N4. The summed E-state index contributed by atoms with van der Waals surface area (Å²) in [5.41, 5.74) is 17.1. The first kappa shape index (κ1) is 16.6. The van der Waals surface area contributed by atoms with Crippen molar-refractivity contribution >= 4 is 33.4 Å². The third-order valence-corrected chi connectivity index (χ3v) is 5.30. The molecule has 0 spiro atoms. The van der Waals surface area contributed by atoms with Crippen molar-refractivity contribution < 1.29 is 0 Å². The smallest absolute Gasteiger partial charge is 0.104 e. The number of aryl methyl sites for hydroxylation is 2. The third-order valence-electron chi connectivity index (χ3n) is 5.30. The van der Waals surface area contributed by atoms with Gasteiger partial charge in [0.25, 0.3) is 0 Å². The fourth-order valence-corrected chi connectivity index (χ4v) is 3.94. The topological polar surface area (TPSA) is 83.6 Å². The average Bonchev–Trinajstić information content (AvgIpc) is 3.14. The van der Waals surface area contributed by atoms with Gasteiger partial charge in [0.2, 0.25) is 0 Å². The maximum absolute atomic E-state index is 6.15. The zero-order valence-corrected chi connectivity index (χ0v) is 15.0. The molecule has 0 aliphatic heterocycles. The Morgan fingerprint density at radius 1 is 0.577 bits per heavy atom. The molecule has 2 aromatic carbocycles. The number of nitrogens with one attached hydrogen (secondary N) is 2. The molecule has 0 atom stereocenters. The van der Waals surface area contributed by atoms with E-state index >= 15 is 0 Å². The number of para-hydroxylation sites is 2. The molecule has 0 bridgehead atoms. The normalized spacial score (nSPS) is 11.5. The predicted octanol–water partition coefficient (Wildman–Crippen LogP) is 5.16. The van der Waals surface area contributed by atoms with Crippen LogP contribution in [-0.2, 0) is 12.8 Å². The number of rotatable bonds is 7. The summed E-state index contributed by atoms with van der Waals surface area (Å²) in [4.78, 5) is 6.56. The van der Waals surface area contributed by atoms with Gasteiger partial charge in [-0.1, -0.05) is 49.2 Å². The van der Waals surface area contributed by atoms with Crippen molar-refractivity contribution in [2.24, 2.45) is 0 Å². The second-order valence-corrected chi connectivity index (χ2v) is 7.04. The fraction of sp³-hybridized carbons (Fsp3) is 0.273. The third kappa shape index (κ3) is 3.15. The van der Waals surface area contributed by atoms with Crippen molar-refractivity contribution in [1.29, 1.82) is 0 Å². The van der Waals surface area contributed by atoms with Crippen LogP contribution in [0.1, 0.15) is 36.8 Å². The quantitative estimate of drug-likeness (QED) is 0.349. The van der Waals surface area contributed by atoms with E-state index < -0.39 is 0 Å². The van der Waals surface area contributed by atoms with Gasteiger partial charge in [0.1, 0.15) is 11.6 Å². The zero-order valence-electron chi connectivity index (χ0n) is 15.0. The van der Waals surface area contributed by atoms with Gasteiger partial charge in [0.05, 0.1) is 0 Å². The molecule has 0 aliphatic carbocycles. The number of anilines is 2. The average molecular weight is 346 g/mol. The largest absolute Gasteiger partial charge is 0.385 e. The van der Waals surface area contributed by atoms with E-state index in [2.05, 4.69) is 46.4 Å². The van der Waals surface area contributed by atoms with Gasteiger partial charge in [-0.15, -0.1) is 0 Å². The van der Waals surface area contributed by atoms with Crippen LogP contribution in [0.3, 0.4) is 0 Å². The lowest BCUT2D eigenvalue weighted by atomic mass is 10.0. The predicted molar refractivity (Wildman–Crippen MR) is 111 cm³/mol. The van der Waals surface area contributed by atoms with Gasteiger partial charge in [-0.05, 0) is 37.8 Å². The number of fused-ring (bicyclic) bond motifs is 2. The van der Waals surface area contributed by atoms with Crippen LogP contribution in [0.5, 0.6) is 0 Å². The van der Waals surface area contributed by atoms with Gasteiger partial charge in [0, 0.05) is 32.9 Å². The zero-order chi connectivity index (χ0) is 17.9. The number of H-pyrrole nitrogens is 2. The lowest BCUT2D eigenvalue weighted by molar-refractivity contribution is 0.643. The van der Waals surface area contributed by atoms with Crippen LogP contribution in [0.15, 0.2) is 48.5 Å². The van der Waals surface area contributed by atoms with E-state index in [1.54, 1.807) is 0 Å². The van der Waals surface area contributed by atoms with E-state index in [-0.39, 0.29) is 0 Å². The molecule has 4 nitrogen and oxygen atoms in total. The Bertz CT molecular complexity index is 941. The molecule has 0 radical (unpaired) electrons. The van der Waals surface area contributed by atoms with Gasteiger partial charge in [-0.2, -0.15) is 0 Å². The first-order valence-corrected chi connectivity index (χ1v) is 9.44. The van der Waals surface area contributed by atoms with Crippen LogP contribution in [0.25, 0.3) is 21.8 Å². The second kappa shape index (κ2) is 7.16. The second-order valence-electron chi connectivity index (χ2n) is 7.04. The van der Waals surface area contributed by atoms with E-state index in [0.717, 1.165) is 48.4 Å². The number of aromatic nitrogens is 2. The highest BCUT2D eigenvalue weighted by Gasteiger charge is 2.09. The Hall–Kier alpha value is -2.88. The summed E-state index contributed by atoms with van der Waals surface area (Å²) in [7, 11) is 0. The molecule has 0 saturated carbocycles. The lowest BCUT2D eigenvalue weighted by Crippen LogP contribution is -1.94. The monoisotopic (exact) mass is 346 g/mol. The summed E-state index contributed by atoms with van der Waals surface area (Å²) in [6.07, 6.45) is 6.81. The van der Waals surface area contributed by atoms with Gasteiger partial charge >= 0.3 is 0 Å². The van der Waals surface area contributed by atoms with Crippen LogP contribution in [0, 0.1) is 0 Å². The molecule has 4 aromatic rings. The summed E-state index contributed by atoms with van der Waals surface area (Å²) < 4.78 is 0. The molecule has 0 fully saturated rings. The minimum Gasteiger partial charge on any atom is -0.385 e. The van der Waals surface area contributed by atoms with Crippen LogP contribution < -0.4 is 11.5 Å². The van der Waals surface area contributed by atoms with Gasteiger partial charge in [-0.25, -0.2) is 0 Å². The van der Waals surface area contributed by atoms with Gasteiger partial charge < -0.3 is 21.4 Å². The Balaban J connectivity index is 1.29. The molecule has 6 N–H and O–H groups in total. The van der Waals surface area contributed by atoms with E-state index in [0.29, 0.717) is 0 Å². The van der Waals surface area contributed by atoms with Crippen molar-refractivity contribution in [3.05, 3.63) is 59.7 Å². The highest BCUT2D eigenvalue weighted by Crippen LogP contribution is 2.27. The summed E-state index contributed by atoms with van der Waals surface area (Å²) >= 11 is 0. The number of hydrogen-bond donors (Lipinski definition) is 4. The summed E-state index contributed by atoms with van der Waals surface area (Å²) in [5.74, 6) is 1.63. The highest BCUT2D eigenvalue weighted by atomic mass is 14.9. The molecule has 134 valence electrons. The van der Waals surface area contributed by atoms with E-state index in [1.165, 1.54) is 34.7 Å². The van der Waals surface area contributed by atoms with Crippen LogP contribution in [0.4, 0.5) is 11.6 Å². The molecule has 0 unspecified atom stereocenters. The number of aromatic amines is 2. The lowest BCUT2D eigenvalue weighted by Gasteiger charge is -2.04. The summed E-state index contributed by atoms with van der Waals surface area (Å²) in [5, 5.41) is 2.52. The standard InChI is InChI=1S/C22H26N4/c23-21-17(15-9-5-7-13-19(15)25-21)11-3-1-2-4-12-18-16-10-6-8-14-20(16)26-22(18)24/h5-10,13-14,25-26H,1-4,11-12,23-24H2. The van der Waals surface area contributed by atoms with Crippen LogP contribution >= 0.6 is 0 Å². The Kier molecular flexibility index (Phi) is 4.57. The van der Waals surface area contributed by atoms with Crippen molar-refractivity contribution in [3.8, 4) is 0 Å². The molecule has 0 saturated heterocycles. The van der Waals surface area contributed by atoms with Crippen LogP contribution in [-0.4, -0.2) is 9.97 Å². The highest BCUT2D eigenvalue weighted by molar-refractivity contribution is 5.88. The number of benzene rings is 2. The molecule has 4 heteroatoms. The Morgan fingerprint density at radius 3 is 1.46 bits per heavy atom. The number of unbranched alkanes of at least 4 members (excludes halogenated alkanes) is 3. The molecule has 0 amide bonds. The SMILES string of the molecule is Nc1[nH]c2ccccc2c1CCCCCCc1c(N)[nH]c2ccccc12. The van der Waals surface area contributed by atoms with Gasteiger partial charge in [-0.3, -0.25) is 0 Å². The summed E-state index contributed by atoms with van der Waals surface area (Å²) in [6, 6.07) is 16.7.